The Balaban J connectivity index is 2.29. The van der Waals surface area contributed by atoms with Crippen LogP contribution in [-0.2, 0) is 14.3 Å². The molecule has 0 radical (unpaired) electrons. The molecule has 26 heavy (non-hydrogen) atoms. The monoisotopic (exact) mass is 379 g/mol. The number of amides is 1. The van der Waals surface area contributed by atoms with Crippen LogP contribution in [0.2, 0.25) is 0 Å². The van der Waals surface area contributed by atoms with Gasteiger partial charge in [0.15, 0.2) is 5.17 Å². The van der Waals surface area contributed by atoms with E-state index in [4.69, 9.17) is 0 Å². The number of thioether (sulfide) groups is 1. The van der Waals surface area contributed by atoms with Gasteiger partial charge in [-0.2, -0.15) is 5.10 Å². The standard InChI is InChI=1S/C13H9N5O7S/c1-25-11(19)5-10-12(20)15-13(26-10)16-14-6-7-8(17(21)22)3-2-4-9(7)18(23)24/h2-6H,1H3,(H,15,16,20)/b10-5+,14-6?. The molecule has 0 spiro atoms. The summed E-state index contributed by atoms with van der Waals surface area (Å²) in [5, 5.41) is 31.5. The third kappa shape index (κ3) is 4.27. The van der Waals surface area contributed by atoms with Crippen molar-refractivity contribution in [1.29, 1.82) is 0 Å². The number of amidine groups is 1. The third-order valence-corrected chi connectivity index (χ3v) is 3.79. The second-order valence-electron chi connectivity index (χ2n) is 4.46. The maximum absolute atomic E-state index is 11.6. The summed E-state index contributed by atoms with van der Waals surface area (Å²) < 4.78 is 4.40. The van der Waals surface area contributed by atoms with Crippen LogP contribution in [0.15, 0.2) is 39.4 Å². The number of carbonyl (C=O) groups excluding carboxylic acids is 2. The van der Waals surface area contributed by atoms with Crippen LogP contribution in [-0.4, -0.2) is 40.2 Å². The lowest BCUT2D eigenvalue weighted by Gasteiger charge is -1.98. The van der Waals surface area contributed by atoms with E-state index in [0.717, 1.165) is 43.3 Å². The number of ether oxygens (including phenoxy) is 1. The van der Waals surface area contributed by atoms with E-state index in [9.17, 15) is 29.8 Å². The molecule has 0 bridgehead atoms. The van der Waals surface area contributed by atoms with Gasteiger partial charge >= 0.3 is 5.97 Å². The summed E-state index contributed by atoms with van der Waals surface area (Å²) >= 11 is 0.787. The zero-order valence-electron chi connectivity index (χ0n) is 12.9. The summed E-state index contributed by atoms with van der Waals surface area (Å²) in [6.07, 6.45) is 1.80. The molecule has 1 fully saturated rings. The highest BCUT2D eigenvalue weighted by Crippen LogP contribution is 2.27. The highest BCUT2D eigenvalue weighted by atomic mass is 32.2. The van der Waals surface area contributed by atoms with E-state index in [1.807, 2.05) is 0 Å². The van der Waals surface area contributed by atoms with Crippen molar-refractivity contribution in [3.63, 3.8) is 0 Å². The summed E-state index contributed by atoms with van der Waals surface area (Å²) in [6.45, 7) is 0. The summed E-state index contributed by atoms with van der Waals surface area (Å²) in [7, 11) is 1.15. The number of methoxy groups -OCH3 is 1. The highest BCUT2D eigenvalue weighted by molar-refractivity contribution is 8.18. The molecule has 0 saturated carbocycles. The molecule has 12 nitrogen and oxygen atoms in total. The van der Waals surface area contributed by atoms with Crippen LogP contribution >= 0.6 is 11.8 Å². The van der Waals surface area contributed by atoms with Crippen molar-refractivity contribution in [2.75, 3.05) is 7.11 Å². The Morgan fingerprint density at radius 2 is 1.88 bits per heavy atom. The van der Waals surface area contributed by atoms with Gasteiger partial charge in [0.2, 0.25) is 0 Å². The van der Waals surface area contributed by atoms with Crippen molar-refractivity contribution >= 4 is 46.4 Å². The Hall–Kier alpha value is -3.61. The zero-order chi connectivity index (χ0) is 19.3. The Morgan fingerprint density at radius 3 is 2.42 bits per heavy atom. The predicted octanol–water partition coefficient (Wildman–Crippen LogP) is 1.11. The molecule has 2 rings (SSSR count). The normalized spacial score (nSPS) is 16.9. The van der Waals surface area contributed by atoms with Crippen LogP contribution in [0.3, 0.4) is 0 Å². The molecular formula is C13H9N5O7S. The summed E-state index contributed by atoms with van der Waals surface area (Å²) in [6, 6.07) is 3.35. The van der Waals surface area contributed by atoms with Crippen LogP contribution in [0.4, 0.5) is 11.4 Å². The van der Waals surface area contributed by atoms with E-state index in [-0.39, 0.29) is 15.6 Å². The van der Waals surface area contributed by atoms with Gasteiger partial charge in [-0.1, -0.05) is 0 Å². The second-order valence-corrected chi connectivity index (χ2v) is 5.49. The average Bonchev–Trinajstić information content (AvgIpc) is 2.93. The molecule has 1 N–H and O–H groups in total. The lowest BCUT2D eigenvalue weighted by Crippen LogP contribution is -2.19. The van der Waals surface area contributed by atoms with Crippen molar-refractivity contribution in [3.05, 3.63) is 55.0 Å². The van der Waals surface area contributed by atoms with Crippen LogP contribution in [0.1, 0.15) is 5.56 Å². The summed E-state index contributed by atoms with van der Waals surface area (Å²) in [4.78, 5) is 43.2. The van der Waals surface area contributed by atoms with Crippen molar-refractivity contribution in [2.45, 2.75) is 0 Å². The van der Waals surface area contributed by atoms with Crippen LogP contribution in [0, 0.1) is 20.2 Å². The molecule has 0 aliphatic carbocycles. The summed E-state index contributed by atoms with van der Waals surface area (Å²) in [5.74, 6) is -1.34. The molecule has 1 aliphatic rings. The molecular weight excluding hydrogens is 370 g/mol. The number of rotatable bonds is 5. The molecule has 1 aromatic rings. The van der Waals surface area contributed by atoms with Gasteiger partial charge in [-0.3, -0.25) is 30.3 Å². The van der Waals surface area contributed by atoms with Gasteiger partial charge in [0, 0.05) is 18.2 Å². The van der Waals surface area contributed by atoms with Crippen LogP contribution in [0.25, 0.3) is 0 Å². The second kappa shape index (κ2) is 7.98. The Kier molecular flexibility index (Phi) is 5.74. The van der Waals surface area contributed by atoms with Gasteiger partial charge < -0.3 is 4.74 Å². The SMILES string of the molecule is COC(=O)/C=C1/S/C(=N\N=Cc2c([N+](=O)[O-])cccc2[N+](=O)[O-])NC1=O. The van der Waals surface area contributed by atoms with Gasteiger partial charge in [-0.15, -0.1) is 5.10 Å². The first-order valence-electron chi connectivity index (χ1n) is 6.65. The average molecular weight is 379 g/mol. The Bertz CT molecular complexity index is 861. The number of benzene rings is 1. The molecule has 13 heteroatoms. The van der Waals surface area contributed by atoms with E-state index in [0.29, 0.717) is 0 Å². The first kappa shape index (κ1) is 18.7. The molecule has 1 amide bonds. The molecule has 0 aromatic heterocycles. The fourth-order valence-corrected chi connectivity index (χ4v) is 2.51. The first-order chi connectivity index (χ1) is 12.3. The molecule has 1 saturated heterocycles. The van der Waals surface area contributed by atoms with E-state index < -0.39 is 33.1 Å². The highest BCUT2D eigenvalue weighted by Gasteiger charge is 2.26. The molecule has 1 heterocycles. The van der Waals surface area contributed by atoms with Crippen LogP contribution < -0.4 is 5.32 Å². The fourth-order valence-electron chi connectivity index (χ4n) is 1.77. The van der Waals surface area contributed by atoms with Gasteiger partial charge in [0.25, 0.3) is 17.3 Å². The maximum atomic E-state index is 11.6. The minimum Gasteiger partial charge on any atom is -0.466 e. The molecule has 0 atom stereocenters. The number of carbonyl (C=O) groups is 2. The smallest absolute Gasteiger partial charge is 0.331 e. The number of nitro benzene ring substituents is 2. The lowest BCUT2D eigenvalue weighted by molar-refractivity contribution is -0.394. The largest absolute Gasteiger partial charge is 0.466 e. The van der Waals surface area contributed by atoms with Gasteiger partial charge in [0.05, 0.1) is 28.1 Å². The number of nitro groups is 2. The van der Waals surface area contributed by atoms with E-state index >= 15 is 0 Å². The van der Waals surface area contributed by atoms with Crippen molar-refractivity contribution < 1.29 is 24.2 Å². The zero-order valence-corrected chi connectivity index (χ0v) is 13.8. The molecule has 1 aliphatic heterocycles. The minimum absolute atomic E-state index is 0.0114. The Morgan fingerprint density at radius 1 is 1.27 bits per heavy atom. The molecule has 134 valence electrons. The van der Waals surface area contributed by atoms with Gasteiger partial charge in [-0.05, 0) is 17.8 Å². The Labute approximate surface area is 148 Å². The molecule has 0 unspecified atom stereocenters. The third-order valence-electron chi connectivity index (χ3n) is 2.89. The maximum Gasteiger partial charge on any atom is 0.331 e. The van der Waals surface area contributed by atoms with Crippen molar-refractivity contribution in [1.82, 2.24) is 5.32 Å². The number of hydrogen-bond donors (Lipinski definition) is 1. The first-order valence-corrected chi connectivity index (χ1v) is 7.46. The fraction of sp³-hybridized carbons (Fsp3) is 0.0769. The van der Waals surface area contributed by atoms with Gasteiger partial charge in [-0.25, -0.2) is 4.79 Å². The van der Waals surface area contributed by atoms with E-state index in [1.165, 1.54) is 6.07 Å². The number of nitrogens with zero attached hydrogens (tertiary/aromatic N) is 4. The minimum atomic E-state index is -0.787. The predicted molar refractivity (Wildman–Crippen MR) is 90.6 cm³/mol. The lowest BCUT2D eigenvalue weighted by atomic mass is 10.1. The number of esters is 1. The van der Waals surface area contributed by atoms with Crippen LogP contribution in [0.5, 0.6) is 0 Å². The summed E-state index contributed by atoms with van der Waals surface area (Å²) in [5.41, 5.74) is -1.37. The topological polar surface area (TPSA) is 166 Å². The van der Waals surface area contributed by atoms with Crippen molar-refractivity contribution in [2.24, 2.45) is 10.2 Å². The number of hydrogen-bond acceptors (Lipinski definition) is 10. The molecule has 1 aromatic carbocycles. The van der Waals surface area contributed by atoms with E-state index in [1.54, 1.807) is 0 Å². The van der Waals surface area contributed by atoms with Gasteiger partial charge in [0.1, 0.15) is 5.56 Å². The quantitative estimate of drug-likeness (QED) is 0.261. The van der Waals surface area contributed by atoms with Crippen molar-refractivity contribution in [3.8, 4) is 0 Å². The number of nitrogens with one attached hydrogen (secondary N) is 1. The van der Waals surface area contributed by atoms with E-state index in [2.05, 4.69) is 20.3 Å².